The number of ketones is 1. The normalized spacial score (nSPS) is 11.1. The van der Waals surface area contributed by atoms with Gasteiger partial charge in [0.25, 0.3) is 0 Å². The van der Waals surface area contributed by atoms with Crippen LogP contribution in [0.1, 0.15) is 29.3 Å². The maximum Gasteiger partial charge on any atom is 0.239 e. The first-order valence-corrected chi connectivity index (χ1v) is 9.83. The number of hydrogen-bond donors (Lipinski definition) is 1. The molecule has 132 valence electrons. The largest absolute Gasteiger partial charge is 0.325 e. The third kappa shape index (κ3) is 6.51. The number of rotatable bonds is 8. The molecule has 0 atom stereocenters. The summed E-state index contributed by atoms with van der Waals surface area (Å²) in [6.07, 6.45) is 1.13. The first-order chi connectivity index (χ1) is 11.9. The predicted molar refractivity (Wildman–Crippen MR) is 98.5 cm³/mol. The third-order valence-corrected chi connectivity index (χ3v) is 5.28. The molecule has 1 amide bonds. The lowest BCUT2D eigenvalue weighted by atomic mass is 10.1. The van der Waals surface area contributed by atoms with E-state index in [-0.39, 0.29) is 11.5 Å². The van der Waals surface area contributed by atoms with Gasteiger partial charge in [-0.3, -0.25) is 9.59 Å². The highest BCUT2D eigenvalue weighted by atomic mass is 32.2. The second-order valence-electron chi connectivity index (χ2n) is 5.87. The maximum absolute atomic E-state index is 12.1. The molecular weight excluding hydrogens is 338 g/mol. The van der Waals surface area contributed by atoms with Crippen LogP contribution in [0.25, 0.3) is 0 Å². The standard InChI is InChI=1S/C19H21NO4S/c1-15(21)17-10-5-11-18(13-17)20-19(22)14-25(23,24)12-6-9-16-7-3-2-4-8-16/h2-5,7-8,10-11,13H,6,9,12,14H2,1H3,(H,20,22). The van der Waals surface area contributed by atoms with E-state index in [1.54, 1.807) is 18.2 Å². The Balaban J connectivity index is 1.86. The number of carbonyl (C=O) groups excluding carboxylic acids is 2. The van der Waals surface area contributed by atoms with Gasteiger partial charge in [-0.25, -0.2) is 8.42 Å². The lowest BCUT2D eigenvalue weighted by Gasteiger charge is -2.07. The van der Waals surface area contributed by atoms with Crippen LogP contribution in [0.3, 0.4) is 0 Å². The minimum absolute atomic E-state index is 0.0389. The first-order valence-electron chi connectivity index (χ1n) is 8.01. The molecule has 0 unspecified atom stereocenters. The lowest BCUT2D eigenvalue weighted by molar-refractivity contribution is -0.113. The molecule has 6 heteroatoms. The van der Waals surface area contributed by atoms with Gasteiger partial charge >= 0.3 is 0 Å². The van der Waals surface area contributed by atoms with Crippen molar-refractivity contribution in [3.8, 4) is 0 Å². The van der Waals surface area contributed by atoms with Gasteiger partial charge in [0.05, 0.1) is 5.75 Å². The summed E-state index contributed by atoms with van der Waals surface area (Å²) in [6.45, 7) is 1.43. The van der Waals surface area contributed by atoms with Crippen molar-refractivity contribution < 1.29 is 18.0 Å². The lowest BCUT2D eigenvalue weighted by Crippen LogP contribution is -2.25. The first kappa shape index (κ1) is 18.9. The molecule has 0 heterocycles. The second-order valence-corrected chi connectivity index (χ2v) is 8.05. The Kier molecular flexibility index (Phi) is 6.47. The van der Waals surface area contributed by atoms with Crippen LogP contribution in [-0.2, 0) is 21.1 Å². The van der Waals surface area contributed by atoms with Gasteiger partial charge in [-0.05, 0) is 37.5 Å². The molecule has 5 nitrogen and oxygen atoms in total. The van der Waals surface area contributed by atoms with E-state index in [4.69, 9.17) is 0 Å². The number of anilines is 1. The van der Waals surface area contributed by atoms with Gasteiger partial charge in [-0.2, -0.15) is 0 Å². The van der Waals surface area contributed by atoms with Crippen molar-refractivity contribution in [2.24, 2.45) is 0 Å². The Morgan fingerprint density at radius 2 is 1.72 bits per heavy atom. The van der Waals surface area contributed by atoms with E-state index < -0.39 is 21.5 Å². The Morgan fingerprint density at radius 1 is 1.00 bits per heavy atom. The van der Waals surface area contributed by atoms with E-state index in [1.807, 2.05) is 30.3 Å². The molecule has 0 radical (unpaired) electrons. The number of nitrogens with one attached hydrogen (secondary N) is 1. The Hall–Kier alpha value is -2.47. The van der Waals surface area contributed by atoms with Crippen molar-refractivity contribution >= 4 is 27.2 Å². The van der Waals surface area contributed by atoms with Gasteiger partial charge in [0.2, 0.25) is 5.91 Å². The predicted octanol–water partition coefficient (Wildman–Crippen LogP) is 2.88. The van der Waals surface area contributed by atoms with Gasteiger partial charge in [-0.15, -0.1) is 0 Å². The summed E-state index contributed by atoms with van der Waals surface area (Å²) in [6, 6.07) is 16.0. The van der Waals surface area contributed by atoms with Crippen molar-refractivity contribution in [1.29, 1.82) is 0 Å². The fourth-order valence-corrected chi connectivity index (χ4v) is 3.63. The molecule has 0 aliphatic carbocycles. The number of aryl methyl sites for hydroxylation is 1. The molecule has 2 rings (SSSR count). The summed E-state index contributed by atoms with van der Waals surface area (Å²) in [7, 11) is -3.48. The van der Waals surface area contributed by atoms with Crippen LogP contribution < -0.4 is 5.32 Å². The van der Waals surface area contributed by atoms with E-state index in [0.717, 1.165) is 5.56 Å². The summed E-state index contributed by atoms with van der Waals surface area (Å²) < 4.78 is 24.2. The topological polar surface area (TPSA) is 80.3 Å². The molecule has 0 fully saturated rings. The number of carbonyl (C=O) groups is 2. The molecule has 25 heavy (non-hydrogen) atoms. The quantitative estimate of drug-likeness (QED) is 0.735. The minimum atomic E-state index is -3.48. The van der Waals surface area contributed by atoms with Gasteiger partial charge in [0, 0.05) is 11.3 Å². The molecule has 2 aromatic rings. The van der Waals surface area contributed by atoms with Crippen LogP contribution in [0.5, 0.6) is 0 Å². The zero-order valence-corrected chi connectivity index (χ0v) is 14.9. The summed E-state index contributed by atoms with van der Waals surface area (Å²) in [5, 5.41) is 2.53. The fraction of sp³-hybridized carbons (Fsp3) is 0.263. The number of hydrogen-bond acceptors (Lipinski definition) is 4. The smallest absolute Gasteiger partial charge is 0.239 e. The highest BCUT2D eigenvalue weighted by molar-refractivity contribution is 7.92. The summed E-state index contributed by atoms with van der Waals surface area (Å²) in [5.41, 5.74) is 1.95. The molecule has 0 aliphatic heterocycles. The summed E-state index contributed by atoms with van der Waals surface area (Å²) >= 11 is 0. The molecule has 2 aromatic carbocycles. The maximum atomic E-state index is 12.1. The van der Waals surface area contributed by atoms with E-state index in [1.165, 1.54) is 13.0 Å². The van der Waals surface area contributed by atoms with E-state index in [9.17, 15) is 18.0 Å². The van der Waals surface area contributed by atoms with Crippen molar-refractivity contribution in [2.75, 3.05) is 16.8 Å². The fourth-order valence-electron chi connectivity index (χ4n) is 2.43. The van der Waals surface area contributed by atoms with Gasteiger partial charge in [0.15, 0.2) is 15.6 Å². The average molecular weight is 359 g/mol. The van der Waals surface area contributed by atoms with Crippen molar-refractivity contribution in [1.82, 2.24) is 0 Å². The zero-order valence-electron chi connectivity index (χ0n) is 14.1. The SMILES string of the molecule is CC(=O)c1cccc(NC(=O)CS(=O)(=O)CCCc2ccccc2)c1. The number of sulfone groups is 1. The molecule has 0 bridgehead atoms. The summed E-state index contributed by atoms with van der Waals surface area (Å²) in [4.78, 5) is 23.3. The van der Waals surface area contributed by atoms with E-state index in [0.29, 0.717) is 24.1 Å². The van der Waals surface area contributed by atoms with Crippen molar-refractivity contribution in [3.63, 3.8) is 0 Å². The summed E-state index contributed by atoms with van der Waals surface area (Å²) in [5.74, 6) is -1.32. The molecule has 1 N–H and O–H groups in total. The van der Waals surface area contributed by atoms with Crippen LogP contribution in [0.15, 0.2) is 54.6 Å². The van der Waals surface area contributed by atoms with E-state index >= 15 is 0 Å². The molecule has 0 saturated heterocycles. The van der Waals surface area contributed by atoms with Crippen molar-refractivity contribution in [3.05, 3.63) is 65.7 Å². The van der Waals surface area contributed by atoms with E-state index in [2.05, 4.69) is 5.32 Å². The molecule has 0 saturated carbocycles. The van der Waals surface area contributed by atoms with Crippen LogP contribution in [-0.4, -0.2) is 31.6 Å². The van der Waals surface area contributed by atoms with Crippen LogP contribution in [0, 0.1) is 0 Å². The van der Waals surface area contributed by atoms with Crippen molar-refractivity contribution in [2.45, 2.75) is 19.8 Å². The van der Waals surface area contributed by atoms with Gasteiger partial charge in [-0.1, -0.05) is 42.5 Å². The second kappa shape index (κ2) is 8.58. The number of Topliss-reactive ketones (excluding diaryl/α,β-unsaturated/α-hetero) is 1. The van der Waals surface area contributed by atoms with Gasteiger partial charge in [0.1, 0.15) is 5.75 Å². The Labute approximate surface area is 148 Å². The number of benzene rings is 2. The minimum Gasteiger partial charge on any atom is -0.325 e. The Morgan fingerprint density at radius 3 is 2.40 bits per heavy atom. The molecule has 0 aromatic heterocycles. The van der Waals surface area contributed by atoms with Gasteiger partial charge < -0.3 is 5.32 Å². The van der Waals surface area contributed by atoms with Crippen LogP contribution in [0.2, 0.25) is 0 Å². The number of amides is 1. The highest BCUT2D eigenvalue weighted by Crippen LogP contribution is 2.12. The zero-order chi connectivity index (χ0) is 18.3. The van der Waals surface area contributed by atoms with Crippen LogP contribution in [0.4, 0.5) is 5.69 Å². The monoisotopic (exact) mass is 359 g/mol. The molecular formula is C19H21NO4S. The molecule has 0 aliphatic rings. The Bertz CT molecular complexity index is 845. The third-order valence-electron chi connectivity index (χ3n) is 3.67. The highest BCUT2D eigenvalue weighted by Gasteiger charge is 2.17. The van der Waals surface area contributed by atoms with Crippen LogP contribution >= 0.6 is 0 Å². The average Bonchev–Trinajstić information content (AvgIpc) is 2.55. The molecule has 0 spiro atoms.